The average molecular weight is 663 g/mol. The highest BCUT2D eigenvalue weighted by molar-refractivity contribution is 7.92. The summed E-state index contributed by atoms with van der Waals surface area (Å²) in [4.78, 5) is 21.8. The highest BCUT2D eigenvalue weighted by atomic mass is 35.5. The number of hydrogen-bond acceptors (Lipinski definition) is 7. The number of benzene rings is 3. The maximum atomic E-state index is 14.1. The molecule has 234 valence electrons. The largest absolute Gasteiger partial charge is 0.494 e. The summed E-state index contributed by atoms with van der Waals surface area (Å²) in [6.45, 7) is 5.12. The van der Waals surface area contributed by atoms with Crippen LogP contribution in [-0.4, -0.2) is 56.2 Å². The molecule has 1 aliphatic heterocycles. The molecule has 5 aromatic rings. The van der Waals surface area contributed by atoms with Crippen molar-refractivity contribution in [2.24, 2.45) is 0 Å². The van der Waals surface area contributed by atoms with E-state index >= 15 is 0 Å². The van der Waals surface area contributed by atoms with Crippen molar-refractivity contribution in [1.29, 1.82) is 0 Å². The molecule has 6 rings (SSSR count). The molecule has 0 spiro atoms. The van der Waals surface area contributed by atoms with E-state index in [2.05, 4.69) is 9.88 Å². The number of halogens is 1. The van der Waals surface area contributed by atoms with Gasteiger partial charge in [-0.3, -0.25) is 13.7 Å². The summed E-state index contributed by atoms with van der Waals surface area (Å²) in [5, 5.41) is 0.643. The van der Waals surface area contributed by atoms with E-state index in [1.807, 2.05) is 37.3 Å². The molecule has 0 N–H and O–H groups in total. The third-order valence-corrected chi connectivity index (χ3v) is 11.4. The van der Waals surface area contributed by atoms with Gasteiger partial charge in [0, 0.05) is 22.5 Å². The highest BCUT2D eigenvalue weighted by Crippen LogP contribution is 2.36. The lowest BCUT2D eigenvalue weighted by molar-refractivity contribution is 0.228. The fraction of sp³-hybridized carbons (Fsp3) is 0.294. The predicted molar refractivity (Wildman–Crippen MR) is 183 cm³/mol. The first kappa shape index (κ1) is 31.3. The van der Waals surface area contributed by atoms with E-state index in [0.29, 0.717) is 45.3 Å². The number of methoxy groups -OCH3 is 1. The number of sulfonamides is 1. The quantitative estimate of drug-likeness (QED) is 0.158. The molecule has 2 aromatic heterocycles. The Hall–Kier alpha value is -3.70. The van der Waals surface area contributed by atoms with Crippen molar-refractivity contribution in [3.63, 3.8) is 0 Å². The van der Waals surface area contributed by atoms with Gasteiger partial charge >= 0.3 is 0 Å². The molecule has 0 radical (unpaired) electrons. The van der Waals surface area contributed by atoms with Gasteiger partial charge in [-0.15, -0.1) is 11.3 Å². The molecule has 45 heavy (non-hydrogen) atoms. The molecule has 0 atom stereocenters. The summed E-state index contributed by atoms with van der Waals surface area (Å²) >= 11 is 7.43. The molecule has 11 heteroatoms. The minimum Gasteiger partial charge on any atom is -0.494 e. The number of piperidine rings is 1. The number of fused-ring (bicyclic) bond motifs is 1. The third-order valence-electron chi connectivity index (χ3n) is 8.17. The SMILES string of the molecule is COc1cc(-n2cnc3cc(-c4ccc(Cl)cc4)sc3c2=O)ccc1N(CCCN1CCCCC1)S(=O)(=O)c1ccc(C)cc1. The zero-order valence-electron chi connectivity index (χ0n) is 25.3. The van der Waals surface area contributed by atoms with Crippen LogP contribution in [0.1, 0.15) is 31.2 Å². The zero-order valence-corrected chi connectivity index (χ0v) is 27.7. The first-order valence-electron chi connectivity index (χ1n) is 15.0. The minimum atomic E-state index is -3.90. The van der Waals surface area contributed by atoms with E-state index in [0.717, 1.165) is 35.6 Å². The summed E-state index contributed by atoms with van der Waals surface area (Å²) in [5.74, 6) is 0.348. The number of likely N-dealkylation sites (tertiary alicyclic amines) is 1. The second-order valence-electron chi connectivity index (χ2n) is 11.3. The monoisotopic (exact) mass is 662 g/mol. The van der Waals surface area contributed by atoms with Crippen molar-refractivity contribution in [3.05, 3.63) is 100 Å². The predicted octanol–water partition coefficient (Wildman–Crippen LogP) is 7.16. The van der Waals surface area contributed by atoms with E-state index in [9.17, 15) is 13.2 Å². The van der Waals surface area contributed by atoms with Crippen LogP contribution in [-0.2, 0) is 10.0 Å². The molecule has 0 saturated carbocycles. The van der Waals surface area contributed by atoms with E-state index < -0.39 is 10.0 Å². The molecule has 0 amide bonds. The number of aromatic nitrogens is 2. The molecule has 0 bridgehead atoms. The van der Waals surface area contributed by atoms with Crippen LogP contribution in [0.3, 0.4) is 0 Å². The zero-order chi connectivity index (χ0) is 31.6. The Balaban J connectivity index is 1.35. The number of ether oxygens (including phenoxy) is 1. The number of rotatable bonds is 10. The molecule has 3 aromatic carbocycles. The second-order valence-corrected chi connectivity index (χ2v) is 14.6. The fourth-order valence-corrected chi connectivity index (χ4v) is 8.39. The molecule has 1 fully saturated rings. The van der Waals surface area contributed by atoms with Crippen molar-refractivity contribution in [2.45, 2.75) is 37.5 Å². The second kappa shape index (κ2) is 13.3. The van der Waals surface area contributed by atoms with E-state index in [1.165, 1.54) is 52.9 Å². The molecule has 8 nitrogen and oxygen atoms in total. The molecule has 1 saturated heterocycles. The molecular weight excluding hydrogens is 628 g/mol. The summed E-state index contributed by atoms with van der Waals surface area (Å²) in [6.07, 6.45) is 5.76. The van der Waals surface area contributed by atoms with Crippen molar-refractivity contribution in [2.75, 3.05) is 37.6 Å². The van der Waals surface area contributed by atoms with Gasteiger partial charge in [0.1, 0.15) is 16.8 Å². The summed E-state index contributed by atoms with van der Waals surface area (Å²) in [5.41, 5.74) is 3.27. The van der Waals surface area contributed by atoms with Crippen LogP contribution in [0.4, 0.5) is 5.69 Å². The third kappa shape index (κ3) is 6.65. The van der Waals surface area contributed by atoms with Crippen LogP contribution in [0.15, 0.2) is 88.8 Å². The van der Waals surface area contributed by atoms with Crippen LogP contribution >= 0.6 is 22.9 Å². The topological polar surface area (TPSA) is 84.7 Å². The van der Waals surface area contributed by atoms with Crippen molar-refractivity contribution >= 4 is 48.9 Å². The fourth-order valence-electron chi connectivity index (χ4n) is 5.70. The number of anilines is 1. The van der Waals surface area contributed by atoms with Crippen LogP contribution in [0, 0.1) is 6.92 Å². The van der Waals surface area contributed by atoms with Gasteiger partial charge in [-0.25, -0.2) is 13.4 Å². The Morgan fingerprint density at radius 3 is 2.42 bits per heavy atom. The number of hydrogen-bond donors (Lipinski definition) is 0. The molecular formula is C34H35ClN4O4S2. The normalized spacial score (nSPS) is 14.1. The minimum absolute atomic E-state index is 0.217. The number of nitrogens with zero attached hydrogens (tertiary/aromatic N) is 4. The summed E-state index contributed by atoms with van der Waals surface area (Å²) < 4.78 is 37.3. The van der Waals surface area contributed by atoms with Crippen LogP contribution in [0.25, 0.3) is 26.3 Å². The van der Waals surface area contributed by atoms with Gasteiger partial charge in [0.2, 0.25) is 0 Å². The van der Waals surface area contributed by atoms with Crippen molar-refractivity contribution in [1.82, 2.24) is 14.5 Å². The Kier molecular flexibility index (Phi) is 9.28. The Morgan fingerprint density at radius 2 is 1.71 bits per heavy atom. The number of aryl methyl sites for hydroxylation is 1. The van der Waals surface area contributed by atoms with Gasteiger partial charge in [-0.2, -0.15) is 0 Å². The van der Waals surface area contributed by atoms with Gasteiger partial charge in [-0.1, -0.05) is 47.9 Å². The number of thiophene rings is 1. The summed E-state index contributed by atoms with van der Waals surface area (Å²) in [7, 11) is -2.39. The van der Waals surface area contributed by atoms with Gasteiger partial charge < -0.3 is 9.64 Å². The van der Waals surface area contributed by atoms with E-state index in [-0.39, 0.29) is 10.5 Å². The molecule has 0 aliphatic carbocycles. The molecule has 3 heterocycles. The van der Waals surface area contributed by atoms with Gasteiger partial charge in [0.05, 0.1) is 28.9 Å². The van der Waals surface area contributed by atoms with Crippen LogP contribution in [0.2, 0.25) is 5.02 Å². The van der Waals surface area contributed by atoms with Crippen molar-refractivity contribution in [3.8, 4) is 21.9 Å². The van der Waals surface area contributed by atoms with Gasteiger partial charge in [0.25, 0.3) is 15.6 Å². The van der Waals surface area contributed by atoms with Crippen molar-refractivity contribution < 1.29 is 13.2 Å². The Bertz CT molecular complexity index is 1970. The van der Waals surface area contributed by atoms with E-state index in [1.54, 1.807) is 42.5 Å². The smallest absolute Gasteiger partial charge is 0.275 e. The van der Waals surface area contributed by atoms with Crippen LogP contribution in [0.5, 0.6) is 5.75 Å². The Morgan fingerprint density at radius 1 is 0.978 bits per heavy atom. The first-order valence-corrected chi connectivity index (χ1v) is 17.7. The maximum Gasteiger partial charge on any atom is 0.275 e. The highest BCUT2D eigenvalue weighted by Gasteiger charge is 2.28. The lowest BCUT2D eigenvalue weighted by Gasteiger charge is -2.29. The average Bonchev–Trinajstić information content (AvgIpc) is 3.50. The molecule has 0 unspecified atom stereocenters. The van der Waals surface area contributed by atoms with Gasteiger partial charge in [-0.05, 0) is 93.8 Å². The lowest BCUT2D eigenvalue weighted by atomic mass is 10.1. The van der Waals surface area contributed by atoms with E-state index in [4.69, 9.17) is 16.3 Å². The lowest BCUT2D eigenvalue weighted by Crippen LogP contribution is -2.36. The maximum absolute atomic E-state index is 14.1. The van der Waals surface area contributed by atoms with Crippen LogP contribution < -0.4 is 14.6 Å². The molecule has 1 aliphatic rings. The Labute approximate surface area is 272 Å². The van der Waals surface area contributed by atoms with Gasteiger partial charge in [0.15, 0.2) is 0 Å². The first-order chi connectivity index (χ1) is 21.7. The standard InChI is InChI=1S/C34H35ClN4O4S2/c1-24-7-14-28(15-8-24)45(41,42)39(20-6-19-37-17-4-3-5-18-37)30-16-13-27(21-31(30)43-2)38-23-36-29-22-32(44-33(29)34(38)40)25-9-11-26(35)12-10-25/h7-16,21-23H,3-6,17-20H2,1-2H3. The summed E-state index contributed by atoms with van der Waals surface area (Å²) in [6, 6.07) is 21.4.